The lowest BCUT2D eigenvalue weighted by Gasteiger charge is -2.39. The van der Waals surface area contributed by atoms with Crippen molar-refractivity contribution in [2.24, 2.45) is 5.92 Å². The summed E-state index contributed by atoms with van der Waals surface area (Å²) in [5.41, 5.74) is 4.49. The number of ether oxygens (including phenoxy) is 1. The Morgan fingerprint density at radius 3 is 2.79 bits per heavy atom. The number of anilines is 1. The number of nitrogens with zero attached hydrogens (tertiary/aromatic N) is 2. The lowest BCUT2D eigenvalue weighted by atomic mass is 9.92. The second-order valence-corrected chi connectivity index (χ2v) is 4.54. The summed E-state index contributed by atoms with van der Waals surface area (Å²) in [5, 5.41) is 9.11. The van der Waals surface area contributed by atoms with Gasteiger partial charge in [0.1, 0.15) is 12.0 Å². The molecule has 5 atom stereocenters. The van der Waals surface area contributed by atoms with Gasteiger partial charge in [-0.3, -0.25) is 4.57 Å². The second kappa shape index (κ2) is 5.22. The fourth-order valence-electron chi connectivity index (χ4n) is 2.08. The predicted octanol–water partition coefficient (Wildman–Crippen LogP) is 0.0275. The zero-order valence-corrected chi connectivity index (χ0v) is 10.2. The second-order valence-electron chi connectivity index (χ2n) is 4.54. The average molecular weight is 275 g/mol. The summed E-state index contributed by atoms with van der Waals surface area (Å²) in [5.74, 6) is -0.815. The van der Waals surface area contributed by atoms with Crippen molar-refractivity contribution in [1.82, 2.24) is 9.55 Å². The molecule has 1 aromatic rings. The van der Waals surface area contributed by atoms with Gasteiger partial charge in [0.2, 0.25) is 0 Å². The molecule has 3 N–H and O–H groups in total. The van der Waals surface area contributed by atoms with Crippen molar-refractivity contribution in [2.75, 3.05) is 12.3 Å². The summed E-state index contributed by atoms with van der Waals surface area (Å²) in [7, 11) is 0. The average Bonchev–Trinajstić information content (AvgIpc) is 2.38. The Morgan fingerprint density at radius 1 is 1.53 bits per heavy atom. The van der Waals surface area contributed by atoms with Crippen molar-refractivity contribution in [3.05, 3.63) is 22.7 Å². The number of rotatable bonds is 2. The maximum absolute atomic E-state index is 14.0. The third-order valence-corrected chi connectivity index (χ3v) is 3.29. The predicted molar refractivity (Wildman–Crippen MR) is 62.9 cm³/mol. The highest BCUT2D eigenvalue weighted by molar-refractivity contribution is 5.23. The Kier molecular flexibility index (Phi) is 3.81. The summed E-state index contributed by atoms with van der Waals surface area (Å²) < 4.78 is 33.9. The minimum absolute atomic E-state index is 0.0173. The van der Waals surface area contributed by atoms with Crippen molar-refractivity contribution < 1.29 is 18.6 Å². The molecule has 0 amide bonds. The van der Waals surface area contributed by atoms with Crippen LogP contribution in [0, 0.1) is 5.92 Å². The van der Waals surface area contributed by atoms with Gasteiger partial charge < -0.3 is 15.6 Å². The molecule has 0 saturated carbocycles. The SMILES string of the molecule is CC1C(F)C(F)[C@H](n2ccc(N)nc2=O)O[C@@H]1CO. The first-order chi connectivity index (χ1) is 8.95. The number of aliphatic hydroxyl groups is 1. The van der Waals surface area contributed by atoms with Crippen molar-refractivity contribution in [3.63, 3.8) is 0 Å². The molecule has 0 aromatic carbocycles. The first-order valence-corrected chi connectivity index (χ1v) is 5.85. The summed E-state index contributed by atoms with van der Waals surface area (Å²) in [4.78, 5) is 15.0. The fraction of sp³-hybridized carbons (Fsp3) is 0.636. The van der Waals surface area contributed by atoms with Gasteiger partial charge in [0.25, 0.3) is 0 Å². The Hall–Kier alpha value is -1.54. The van der Waals surface area contributed by atoms with E-state index < -0.39 is 42.9 Å². The molecular formula is C11H15F2N3O3. The lowest BCUT2D eigenvalue weighted by Crippen LogP contribution is -2.50. The topological polar surface area (TPSA) is 90.4 Å². The number of hydrogen-bond donors (Lipinski definition) is 2. The van der Waals surface area contributed by atoms with Gasteiger partial charge in [-0.25, -0.2) is 13.6 Å². The van der Waals surface area contributed by atoms with Gasteiger partial charge in [-0.2, -0.15) is 4.98 Å². The Morgan fingerprint density at radius 2 is 2.21 bits per heavy atom. The standard InChI is InChI=1S/C11H15F2N3O3/c1-5-6(4-17)19-10(9(13)8(5)12)16-3-2-7(14)15-11(16)18/h2-3,5-6,8-10,17H,4H2,1H3,(H2,14,15,18)/t5?,6-,8?,9?,10-/m1/s1. The minimum atomic E-state index is -2.01. The molecule has 8 heteroatoms. The smallest absolute Gasteiger partial charge is 0.351 e. The van der Waals surface area contributed by atoms with Gasteiger partial charge in [-0.15, -0.1) is 0 Å². The maximum atomic E-state index is 14.0. The quantitative estimate of drug-likeness (QED) is 0.794. The van der Waals surface area contributed by atoms with Crippen LogP contribution in [0.1, 0.15) is 13.2 Å². The normalized spacial score (nSPS) is 35.3. The molecule has 0 radical (unpaired) electrons. The van der Waals surface area contributed by atoms with E-state index in [1.54, 1.807) is 0 Å². The number of nitrogens with two attached hydrogens (primary N) is 1. The van der Waals surface area contributed by atoms with Crippen LogP contribution in [-0.2, 0) is 4.74 Å². The van der Waals surface area contributed by atoms with Crippen LogP contribution in [0.15, 0.2) is 17.1 Å². The van der Waals surface area contributed by atoms with E-state index in [1.165, 1.54) is 19.2 Å². The van der Waals surface area contributed by atoms with Gasteiger partial charge in [0.15, 0.2) is 12.4 Å². The van der Waals surface area contributed by atoms with Crippen LogP contribution in [0.4, 0.5) is 14.6 Å². The molecule has 0 bridgehead atoms. The largest absolute Gasteiger partial charge is 0.394 e. The summed E-state index contributed by atoms with van der Waals surface area (Å²) in [6, 6.07) is 1.29. The van der Waals surface area contributed by atoms with Gasteiger partial charge in [0, 0.05) is 12.1 Å². The zero-order chi connectivity index (χ0) is 14.2. The van der Waals surface area contributed by atoms with Crippen molar-refractivity contribution in [1.29, 1.82) is 0 Å². The van der Waals surface area contributed by atoms with E-state index >= 15 is 0 Å². The monoisotopic (exact) mass is 275 g/mol. The van der Waals surface area contributed by atoms with E-state index in [-0.39, 0.29) is 5.82 Å². The molecule has 1 saturated heterocycles. The number of hydrogen-bond acceptors (Lipinski definition) is 5. The molecule has 1 aliphatic rings. The molecule has 1 aliphatic heterocycles. The Bertz CT molecular complexity index is 508. The molecule has 0 spiro atoms. The Labute approximate surface area is 107 Å². The molecule has 106 valence electrons. The highest BCUT2D eigenvalue weighted by Crippen LogP contribution is 2.34. The molecule has 19 heavy (non-hydrogen) atoms. The summed E-state index contributed by atoms with van der Waals surface area (Å²) >= 11 is 0. The number of halogens is 2. The van der Waals surface area contributed by atoms with Crippen LogP contribution in [0.25, 0.3) is 0 Å². The molecule has 1 aromatic heterocycles. The maximum Gasteiger partial charge on any atom is 0.351 e. The number of aliphatic hydroxyl groups excluding tert-OH is 1. The van der Waals surface area contributed by atoms with E-state index in [1.807, 2.05) is 0 Å². The molecule has 2 heterocycles. The van der Waals surface area contributed by atoms with Crippen LogP contribution >= 0.6 is 0 Å². The molecule has 6 nitrogen and oxygen atoms in total. The summed E-state index contributed by atoms with van der Waals surface area (Å²) in [6.07, 6.45) is -4.99. The molecule has 3 unspecified atom stereocenters. The van der Waals surface area contributed by atoms with Crippen LogP contribution in [0.5, 0.6) is 0 Å². The third-order valence-electron chi connectivity index (χ3n) is 3.29. The summed E-state index contributed by atoms with van der Waals surface area (Å²) in [6.45, 7) is 0.986. The first kappa shape index (κ1) is 13.9. The van der Waals surface area contributed by atoms with E-state index in [0.717, 1.165) is 4.57 Å². The Balaban J connectivity index is 2.35. The van der Waals surface area contributed by atoms with Crippen molar-refractivity contribution in [2.45, 2.75) is 31.6 Å². The van der Waals surface area contributed by atoms with Gasteiger partial charge >= 0.3 is 5.69 Å². The number of aromatic nitrogens is 2. The van der Waals surface area contributed by atoms with E-state index in [2.05, 4.69) is 4.98 Å². The number of alkyl halides is 2. The van der Waals surface area contributed by atoms with Gasteiger partial charge in [0.05, 0.1) is 12.7 Å². The van der Waals surface area contributed by atoms with Crippen molar-refractivity contribution in [3.8, 4) is 0 Å². The van der Waals surface area contributed by atoms with Crippen molar-refractivity contribution >= 4 is 5.82 Å². The lowest BCUT2D eigenvalue weighted by molar-refractivity contribution is -0.195. The minimum Gasteiger partial charge on any atom is -0.394 e. The van der Waals surface area contributed by atoms with Gasteiger partial charge in [-0.1, -0.05) is 6.92 Å². The molecule has 0 aliphatic carbocycles. The zero-order valence-electron chi connectivity index (χ0n) is 10.2. The molecular weight excluding hydrogens is 260 g/mol. The van der Waals surface area contributed by atoms with Crippen LogP contribution < -0.4 is 11.4 Å². The van der Waals surface area contributed by atoms with E-state index in [9.17, 15) is 13.6 Å². The van der Waals surface area contributed by atoms with E-state index in [0.29, 0.717) is 0 Å². The van der Waals surface area contributed by atoms with Gasteiger partial charge in [-0.05, 0) is 6.07 Å². The van der Waals surface area contributed by atoms with E-state index in [4.69, 9.17) is 15.6 Å². The third kappa shape index (κ3) is 2.45. The molecule has 1 fully saturated rings. The highest BCUT2D eigenvalue weighted by Gasteiger charge is 2.45. The molecule has 2 rings (SSSR count). The van der Waals surface area contributed by atoms with Crippen LogP contribution in [-0.4, -0.2) is 39.7 Å². The first-order valence-electron chi connectivity index (χ1n) is 5.85. The fourth-order valence-corrected chi connectivity index (χ4v) is 2.08. The number of nitrogen functional groups attached to an aromatic ring is 1. The highest BCUT2D eigenvalue weighted by atomic mass is 19.2. The van der Waals surface area contributed by atoms with Crippen LogP contribution in [0.3, 0.4) is 0 Å². The van der Waals surface area contributed by atoms with Crippen LogP contribution in [0.2, 0.25) is 0 Å².